The number of rotatable bonds is 10. The van der Waals surface area contributed by atoms with Gasteiger partial charge < -0.3 is 19.8 Å². The molecule has 1 amide bonds. The molecule has 0 saturated heterocycles. The molecule has 1 aliphatic carbocycles. The molecule has 2 aromatic carbocycles. The normalized spacial score (nSPS) is 15.7. The molecule has 8 heteroatoms. The lowest BCUT2D eigenvalue weighted by atomic mass is 9.84. The first kappa shape index (κ1) is 24.4. The van der Waals surface area contributed by atoms with Crippen LogP contribution in [0.15, 0.2) is 63.8 Å². The Bertz CT molecular complexity index is 1220. The van der Waals surface area contributed by atoms with Gasteiger partial charge in [0.1, 0.15) is 23.5 Å². The minimum Gasteiger partial charge on any atom is -0.408 e. The van der Waals surface area contributed by atoms with Gasteiger partial charge in [-0.2, -0.15) is 10.2 Å². The van der Waals surface area contributed by atoms with Crippen molar-refractivity contribution in [2.45, 2.75) is 57.2 Å². The van der Waals surface area contributed by atoms with Gasteiger partial charge in [-0.25, -0.2) is 4.79 Å². The summed E-state index contributed by atoms with van der Waals surface area (Å²) in [5.74, 6) is -0.355. The molecule has 35 heavy (non-hydrogen) atoms. The van der Waals surface area contributed by atoms with Gasteiger partial charge in [0.15, 0.2) is 0 Å². The Morgan fingerprint density at radius 3 is 2.63 bits per heavy atom. The van der Waals surface area contributed by atoms with Gasteiger partial charge in [0.2, 0.25) is 5.91 Å². The molecular formula is C27H30N4O4. The van der Waals surface area contributed by atoms with Crippen LogP contribution >= 0.6 is 0 Å². The van der Waals surface area contributed by atoms with E-state index in [1.54, 1.807) is 18.2 Å². The van der Waals surface area contributed by atoms with Gasteiger partial charge in [-0.05, 0) is 30.0 Å². The lowest BCUT2D eigenvalue weighted by Gasteiger charge is -2.27. The van der Waals surface area contributed by atoms with Crippen LogP contribution in [-0.4, -0.2) is 29.6 Å². The van der Waals surface area contributed by atoms with Crippen molar-refractivity contribution in [1.29, 1.82) is 5.26 Å². The van der Waals surface area contributed by atoms with Crippen molar-refractivity contribution in [3.8, 4) is 6.07 Å². The molecule has 1 aliphatic rings. The molecule has 0 bridgehead atoms. The maximum atomic E-state index is 13.3. The van der Waals surface area contributed by atoms with Crippen molar-refractivity contribution in [3.05, 3.63) is 70.7 Å². The van der Waals surface area contributed by atoms with E-state index in [9.17, 15) is 14.9 Å². The monoisotopic (exact) mass is 474 g/mol. The molecule has 3 aromatic rings. The highest BCUT2D eigenvalue weighted by atomic mass is 16.5. The van der Waals surface area contributed by atoms with Crippen molar-refractivity contribution >= 4 is 22.7 Å². The minimum absolute atomic E-state index is 0.0728. The number of benzene rings is 2. The molecule has 0 aliphatic heterocycles. The number of nitrogens with zero attached hydrogens (tertiary/aromatic N) is 2. The number of nitrogens with one attached hydrogen (secondary N) is 2. The van der Waals surface area contributed by atoms with Crippen LogP contribution < -0.4 is 16.4 Å². The van der Waals surface area contributed by atoms with Crippen molar-refractivity contribution in [2.24, 2.45) is 5.92 Å². The molecule has 0 radical (unpaired) electrons. The van der Waals surface area contributed by atoms with Gasteiger partial charge in [0, 0.05) is 0 Å². The Morgan fingerprint density at radius 1 is 1.11 bits per heavy atom. The Hall–Kier alpha value is -3.70. The number of fused-ring (bicyclic) bond motifs is 1. The number of hydrogen-bond acceptors (Lipinski definition) is 7. The van der Waals surface area contributed by atoms with Crippen LogP contribution in [0.2, 0.25) is 0 Å². The second kappa shape index (κ2) is 12.1. The van der Waals surface area contributed by atoms with Crippen LogP contribution in [0, 0.1) is 17.2 Å². The van der Waals surface area contributed by atoms with E-state index < -0.39 is 17.8 Å². The maximum Gasteiger partial charge on any atom is 0.441 e. The minimum atomic E-state index is -0.799. The summed E-state index contributed by atoms with van der Waals surface area (Å²) in [6.07, 6.45) is 6.19. The van der Waals surface area contributed by atoms with Gasteiger partial charge in [0.05, 0.1) is 24.7 Å². The highest BCUT2D eigenvalue weighted by molar-refractivity contribution is 5.91. The van der Waals surface area contributed by atoms with Crippen LogP contribution in [0.25, 0.3) is 11.0 Å². The Labute approximate surface area is 204 Å². The van der Waals surface area contributed by atoms with Crippen LogP contribution in [0.4, 0.5) is 5.82 Å². The quantitative estimate of drug-likeness (QED) is 0.453. The molecular weight excluding hydrogens is 444 g/mol. The molecule has 4 rings (SSSR count). The Balaban J connectivity index is 1.47. The molecule has 1 aromatic heterocycles. The van der Waals surface area contributed by atoms with E-state index in [1.807, 2.05) is 36.4 Å². The fourth-order valence-electron chi connectivity index (χ4n) is 4.53. The fourth-order valence-corrected chi connectivity index (χ4v) is 4.53. The van der Waals surface area contributed by atoms with Crippen molar-refractivity contribution in [2.75, 3.05) is 11.9 Å². The van der Waals surface area contributed by atoms with E-state index in [1.165, 1.54) is 6.42 Å². The second-order valence-corrected chi connectivity index (χ2v) is 8.95. The summed E-state index contributed by atoms with van der Waals surface area (Å²) in [7, 11) is 0. The molecule has 2 N–H and O–H groups in total. The van der Waals surface area contributed by atoms with E-state index in [-0.39, 0.29) is 12.5 Å². The Kier molecular flexibility index (Phi) is 8.47. The summed E-state index contributed by atoms with van der Waals surface area (Å²) in [5.41, 5.74) is 1.39. The number of amides is 1. The lowest BCUT2D eigenvalue weighted by molar-refractivity contribution is -0.123. The van der Waals surface area contributed by atoms with Gasteiger partial charge in [-0.3, -0.25) is 4.79 Å². The topological polar surface area (TPSA) is 117 Å². The van der Waals surface area contributed by atoms with Gasteiger partial charge in [-0.15, -0.1) is 0 Å². The van der Waals surface area contributed by atoms with E-state index in [4.69, 9.17) is 9.15 Å². The molecule has 2 atom stereocenters. The van der Waals surface area contributed by atoms with Crippen LogP contribution in [0.1, 0.15) is 44.1 Å². The molecule has 8 nitrogen and oxygen atoms in total. The molecule has 1 fully saturated rings. The van der Waals surface area contributed by atoms with Crippen LogP contribution in [-0.2, 0) is 16.1 Å². The maximum absolute atomic E-state index is 13.3. The van der Waals surface area contributed by atoms with E-state index in [0.29, 0.717) is 35.7 Å². The number of carbonyl (C=O) groups is 1. The number of nitriles is 1. The largest absolute Gasteiger partial charge is 0.441 e. The zero-order chi connectivity index (χ0) is 24.5. The van der Waals surface area contributed by atoms with Crippen molar-refractivity contribution in [3.63, 3.8) is 0 Å². The number of para-hydroxylation sites is 1. The van der Waals surface area contributed by atoms with E-state index >= 15 is 0 Å². The highest BCUT2D eigenvalue weighted by Gasteiger charge is 2.27. The van der Waals surface area contributed by atoms with Gasteiger partial charge >= 0.3 is 5.76 Å². The first-order valence-electron chi connectivity index (χ1n) is 12.1. The predicted octanol–water partition coefficient (Wildman–Crippen LogP) is 4.16. The average Bonchev–Trinajstić information content (AvgIpc) is 2.88. The SMILES string of the molecule is N#C[C@H](COCc1ccccc1)NC(=O)[C@H](CC1CCCCC1)Nc1nc(=O)oc2ccccc12. The zero-order valence-electron chi connectivity index (χ0n) is 19.6. The second-order valence-electron chi connectivity index (χ2n) is 8.95. The molecule has 0 unspecified atom stereocenters. The first-order chi connectivity index (χ1) is 17.1. The standard InChI is InChI=1S/C27H30N4O4/c28-16-21(18-34-17-20-11-5-2-6-12-20)29-26(32)23(15-19-9-3-1-4-10-19)30-25-22-13-7-8-14-24(22)35-27(33)31-25/h2,5-8,11-14,19,21,23H,1,3-4,9-10,15,17-18H2,(H,29,32)(H,30,31,33)/t21-,23+/m1/s1. The highest BCUT2D eigenvalue weighted by Crippen LogP contribution is 2.29. The molecule has 1 heterocycles. The summed E-state index contributed by atoms with van der Waals surface area (Å²) < 4.78 is 10.9. The summed E-state index contributed by atoms with van der Waals surface area (Å²) in [4.78, 5) is 29.4. The van der Waals surface area contributed by atoms with Crippen molar-refractivity contribution in [1.82, 2.24) is 10.3 Å². The van der Waals surface area contributed by atoms with Crippen LogP contribution in [0.3, 0.4) is 0 Å². The number of anilines is 1. The molecule has 1 saturated carbocycles. The number of aromatic nitrogens is 1. The van der Waals surface area contributed by atoms with E-state index in [2.05, 4.69) is 21.7 Å². The summed E-state index contributed by atoms with van der Waals surface area (Å²) >= 11 is 0. The van der Waals surface area contributed by atoms with Crippen molar-refractivity contribution < 1.29 is 13.9 Å². The molecule has 0 spiro atoms. The summed E-state index contributed by atoms with van der Waals surface area (Å²) in [6, 6.07) is 17.4. The number of hydrogen-bond donors (Lipinski definition) is 2. The lowest BCUT2D eigenvalue weighted by Crippen LogP contribution is -2.47. The zero-order valence-corrected chi connectivity index (χ0v) is 19.6. The van der Waals surface area contributed by atoms with Gasteiger partial charge in [0.25, 0.3) is 0 Å². The van der Waals surface area contributed by atoms with Gasteiger partial charge in [-0.1, -0.05) is 74.6 Å². The smallest absolute Gasteiger partial charge is 0.408 e. The third-order valence-electron chi connectivity index (χ3n) is 6.33. The first-order valence-corrected chi connectivity index (χ1v) is 12.1. The average molecular weight is 475 g/mol. The Morgan fingerprint density at radius 2 is 1.86 bits per heavy atom. The predicted molar refractivity (Wildman–Crippen MR) is 133 cm³/mol. The number of carbonyl (C=O) groups excluding carboxylic acids is 1. The van der Waals surface area contributed by atoms with Crippen LogP contribution in [0.5, 0.6) is 0 Å². The third kappa shape index (κ3) is 6.90. The summed E-state index contributed by atoms with van der Waals surface area (Å²) in [6.45, 7) is 0.428. The fraction of sp³-hybridized carbons (Fsp3) is 0.407. The number of ether oxygens (including phenoxy) is 1. The molecule has 182 valence electrons. The van der Waals surface area contributed by atoms with E-state index in [0.717, 1.165) is 31.2 Å². The summed E-state index contributed by atoms with van der Waals surface area (Å²) in [5, 5.41) is 16.2. The third-order valence-corrected chi connectivity index (χ3v) is 6.33.